The van der Waals surface area contributed by atoms with Crippen LogP contribution in [0.2, 0.25) is 0 Å². The van der Waals surface area contributed by atoms with Crippen molar-refractivity contribution in [1.82, 2.24) is 14.4 Å². The first-order valence-electron chi connectivity index (χ1n) is 15.2. The lowest BCUT2D eigenvalue weighted by molar-refractivity contribution is 0.0697. The molecule has 0 N–H and O–H groups in total. The number of rotatable bonds is 7. The van der Waals surface area contributed by atoms with Crippen LogP contribution in [0.1, 0.15) is 87.8 Å². The molecule has 2 aliphatic heterocycles. The van der Waals surface area contributed by atoms with E-state index >= 15 is 0 Å². The standard InChI is InChI=1S/C32H43N3OS.C2H6/c1-5-27(37-4)12-10-24(3)21-35-30-13-11-25(32(36)33-17-14-23(2)15-18-33)20-28(30)29-22-34(19-16-31(29)35)26-8-6-7-9-26;1-2/h5,10-13,20,23,26H,1,6-9,14-19,21-22H2,2-4H3;1-2H3/b24-10+,27-12+;. The minimum absolute atomic E-state index is 0.203. The summed E-state index contributed by atoms with van der Waals surface area (Å²) in [6.07, 6.45) is 17.1. The number of hydrogen-bond donors (Lipinski definition) is 0. The number of hydrogen-bond acceptors (Lipinski definition) is 3. The van der Waals surface area contributed by atoms with Gasteiger partial charge in [0.05, 0.1) is 0 Å². The molecule has 2 aromatic rings. The van der Waals surface area contributed by atoms with Gasteiger partial charge in [-0.2, -0.15) is 0 Å². The minimum Gasteiger partial charge on any atom is -0.340 e. The number of carbonyl (C=O) groups excluding carboxylic acids is 1. The van der Waals surface area contributed by atoms with E-state index in [-0.39, 0.29) is 5.91 Å². The molecule has 1 aromatic heterocycles. The molecular weight excluding hydrogens is 498 g/mol. The Morgan fingerprint density at radius 2 is 1.79 bits per heavy atom. The number of aromatic nitrogens is 1. The molecule has 3 heterocycles. The van der Waals surface area contributed by atoms with Crippen LogP contribution >= 0.6 is 11.8 Å². The molecule has 1 saturated heterocycles. The summed E-state index contributed by atoms with van der Waals surface area (Å²) >= 11 is 1.72. The van der Waals surface area contributed by atoms with Crippen LogP contribution in [0.4, 0.5) is 0 Å². The molecule has 5 heteroatoms. The van der Waals surface area contributed by atoms with Crippen molar-refractivity contribution in [3.8, 4) is 0 Å². The third-order valence-corrected chi connectivity index (χ3v) is 9.59. The molecule has 2 fully saturated rings. The third kappa shape index (κ3) is 6.74. The van der Waals surface area contributed by atoms with Crippen molar-refractivity contribution < 1.29 is 4.79 Å². The van der Waals surface area contributed by atoms with E-state index in [0.717, 1.165) is 69.5 Å². The van der Waals surface area contributed by atoms with E-state index in [0.29, 0.717) is 0 Å². The number of piperidine rings is 1. The molecule has 0 unspecified atom stereocenters. The fraction of sp³-hybridized carbons (Fsp3) is 0.559. The van der Waals surface area contributed by atoms with Crippen LogP contribution in [0.5, 0.6) is 0 Å². The number of nitrogens with zero attached hydrogens (tertiary/aromatic N) is 3. The van der Waals surface area contributed by atoms with Crippen LogP contribution in [0, 0.1) is 5.92 Å². The van der Waals surface area contributed by atoms with Gasteiger partial charge in [-0.15, -0.1) is 11.8 Å². The number of benzene rings is 1. The van der Waals surface area contributed by atoms with Gasteiger partial charge < -0.3 is 9.47 Å². The van der Waals surface area contributed by atoms with E-state index < -0.39 is 0 Å². The second kappa shape index (κ2) is 13.9. The Bertz CT molecular complexity index is 1210. The molecule has 0 bridgehead atoms. The number of thioether (sulfide) groups is 1. The van der Waals surface area contributed by atoms with Gasteiger partial charge in [-0.25, -0.2) is 0 Å². The average molecular weight is 548 g/mol. The maximum atomic E-state index is 13.5. The normalized spacial score (nSPS) is 19.7. The predicted octanol–water partition coefficient (Wildman–Crippen LogP) is 8.22. The van der Waals surface area contributed by atoms with Crippen molar-refractivity contribution in [1.29, 1.82) is 0 Å². The van der Waals surface area contributed by atoms with E-state index in [9.17, 15) is 4.79 Å². The molecule has 0 atom stereocenters. The summed E-state index contributed by atoms with van der Waals surface area (Å²) in [6.45, 7) is 17.2. The van der Waals surface area contributed by atoms with Crippen LogP contribution in [-0.2, 0) is 19.5 Å². The first-order valence-corrected chi connectivity index (χ1v) is 16.4. The highest BCUT2D eigenvalue weighted by molar-refractivity contribution is 8.02. The second-order valence-electron chi connectivity index (χ2n) is 11.4. The first-order chi connectivity index (χ1) is 19.0. The summed E-state index contributed by atoms with van der Waals surface area (Å²) in [6, 6.07) is 7.23. The van der Waals surface area contributed by atoms with Crippen molar-refractivity contribution in [2.75, 3.05) is 25.9 Å². The Hall–Kier alpha value is -2.24. The van der Waals surface area contributed by atoms with E-state index in [1.807, 2.05) is 19.9 Å². The zero-order valence-corrected chi connectivity index (χ0v) is 25.8. The predicted molar refractivity (Wildman–Crippen MR) is 170 cm³/mol. The fourth-order valence-corrected chi connectivity index (χ4v) is 6.88. The van der Waals surface area contributed by atoms with E-state index in [2.05, 4.69) is 71.4 Å². The highest BCUT2D eigenvalue weighted by Crippen LogP contribution is 2.36. The van der Waals surface area contributed by atoms with Gasteiger partial charge in [0.1, 0.15) is 0 Å². The lowest BCUT2D eigenvalue weighted by atomic mass is 9.98. The molecular formula is C34H49N3OS. The van der Waals surface area contributed by atoms with Crippen molar-refractivity contribution in [3.63, 3.8) is 0 Å². The van der Waals surface area contributed by atoms with Gasteiger partial charge in [0.15, 0.2) is 0 Å². The van der Waals surface area contributed by atoms with Gasteiger partial charge >= 0.3 is 0 Å². The lowest BCUT2D eigenvalue weighted by Gasteiger charge is -2.33. The maximum Gasteiger partial charge on any atom is 0.253 e. The minimum atomic E-state index is 0.203. The van der Waals surface area contributed by atoms with Crippen molar-refractivity contribution in [2.24, 2.45) is 5.92 Å². The summed E-state index contributed by atoms with van der Waals surface area (Å²) < 4.78 is 2.53. The molecule has 0 spiro atoms. The summed E-state index contributed by atoms with van der Waals surface area (Å²) in [5.74, 6) is 0.924. The first kappa shape index (κ1) is 29.7. The average Bonchev–Trinajstić information content (AvgIpc) is 3.62. The summed E-state index contributed by atoms with van der Waals surface area (Å²) in [7, 11) is 0. The zero-order valence-electron chi connectivity index (χ0n) is 25.0. The molecule has 1 aliphatic carbocycles. The van der Waals surface area contributed by atoms with Gasteiger partial charge in [0.2, 0.25) is 0 Å². The Morgan fingerprint density at radius 1 is 1.08 bits per heavy atom. The van der Waals surface area contributed by atoms with E-state index in [1.54, 1.807) is 11.8 Å². The monoisotopic (exact) mass is 547 g/mol. The van der Waals surface area contributed by atoms with Crippen molar-refractivity contribution in [3.05, 3.63) is 70.3 Å². The van der Waals surface area contributed by atoms with E-state index in [4.69, 9.17) is 0 Å². The zero-order chi connectivity index (χ0) is 27.9. The Balaban J connectivity index is 0.00000172. The van der Waals surface area contributed by atoms with E-state index in [1.165, 1.54) is 58.3 Å². The topological polar surface area (TPSA) is 28.5 Å². The quantitative estimate of drug-likeness (QED) is 0.327. The Labute approximate surface area is 241 Å². The number of amides is 1. The maximum absolute atomic E-state index is 13.5. The second-order valence-corrected chi connectivity index (χ2v) is 12.2. The molecule has 0 radical (unpaired) electrons. The Kier molecular flexibility index (Phi) is 10.6. The SMILES string of the molecule is C=C/C(=C\C=C(/C)Cn1c2c(c3cc(C(=O)N4CCC(C)CC4)ccc31)CN(C1CCCC1)CC2)SC.CC. The van der Waals surface area contributed by atoms with Crippen LogP contribution in [0.3, 0.4) is 0 Å². The molecule has 39 heavy (non-hydrogen) atoms. The molecule has 5 rings (SSSR count). The number of allylic oxidation sites excluding steroid dienone is 4. The molecule has 4 nitrogen and oxygen atoms in total. The molecule has 1 amide bonds. The largest absolute Gasteiger partial charge is 0.340 e. The Morgan fingerprint density at radius 3 is 2.46 bits per heavy atom. The lowest BCUT2D eigenvalue weighted by Crippen LogP contribution is -2.38. The van der Waals surface area contributed by atoms with Crippen LogP contribution in [-0.4, -0.2) is 52.2 Å². The van der Waals surface area contributed by atoms with Crippen molar-refractivity contribution in [2.45, 2.75) is 91.8 Å². The summed E-state index contributed by atoms with van der Waals surface area (Å²) in [4.78, 5) is 19.4. The van der Waals surface area contributed by atoms with Crippen LogP contribution in [0.15, 0.2) is 53.5 Å². The van der Waals surface area contributed by atoms with Gasteiger partial charge in [0, 0.05) is 72.3 Å². The third-order valence-electron chi connectivity index (χ3n) is 8.82. The number of likely N-dealkylation sites (tertiary alicyclic amines) is 1. The van der Waals surface area contributed by atoms with Crippen molar-refractivity contribution >= 4 is 28.6 Å². The van der Waals surface area contributed by atoms with Gasteiger partial charge in [0.25, 0.3) is 5.91 Å². The summed E-state index contributed by atoms with van der Waals surface area (Å²) in [5, 5.41) is 1.29. The van der Waals surface area contributed by atoms with Gasteiger partial charge in [-0.3, -0.25) is 9.69 Å². The van der Waals surface area contributed by atoms with Gasteiger partial charge in [-0.1, -0.05) is 57.9 Å². The molecule has 1 aromatic carbocycles. The molecule has 3 aliphatic rings. The summed E-state index contributed by atoms with van der Waals surface area (Å²) in [5.41, 5.74) is 6.37. The highest BCUT2D eigenvalue weighted by Gasteiger charge is 2.30. The highest BCUT2D eigenvalue weighted by atomic mass is 32.2. The fourth-order valence-electron chi connectivity index (χ4n) is 6.51. The van der Waals surface area contributed by atoms with Crippen LogP contribution < -0.4 is 0 Å². The molecule has 1 saturated carbocycles. The van der Waals surface area contributed by atoms with Crippen LogP contribution in [0.25, 0.3) is 10.9 Å². The smallest absolute Gasteiger partial charge is 0.253 e. The number of fused-ring (bicyclic) bond motifs is 3. The number of carbonyl (C=O) groups is 1. The van der Waals surface area contributed by atoms with Gasteiger partial charge in [-0.05, 0) is 74.6 Å². The molecule has 212 valence electrons.